The normalized spacial score (nSPS) is 16.5. The molecule has 28 heavy (non-hydrogen) atoms. The second kappa shape index (κ2) is 7.59. The number of benzene rings is 1. The SMILES string of the molecule is Cn1ccc(-c2ccc(C(CC3CCCC3)c3ccc(S(C)(=O)=O)cc3)[nH]2)n1. The molecule has 1 saturated carbocycles. The standard InChI is InChI=1S/C22H27N3O2S/c1-25-14-13-22(24-25)21-12-11-20(23-21)19(15-16-5-3-4-6-16)17-7-9-18(10-8-17)28(2,26)27/h7-14,16,19,23H,3-6,15H2,1-2H3. The molecule has 1 aromatic carbocycles. The first kappa shape index (κ1) is 19.0. The van der Waals surface area contributed by atoms with E-state index in [1.165, 1.54) is 37.6 Å². The third-order valence-electron chi connectivity index (χ3n) is 5.83. The lowest BCUT2D eigenvalue weighted by atomic mass is 9.86. The van der Waals surface area contributed by atoms with Gasteiger partial charge in [-0.3, -0.25) is 4.68 Å². The van der Waals surface area contributed by atoms with E-state index >= 15 is 0 Å². The molecule has 1 fully saturated rings. The number of rotatable bonds is 6. The van der Waals surface area contributed by atoms with Crippen molar-refractivity contribution in [3.8, 4) is 11.4 Å². The van der Waals surface area contributed by atoms with Crippen LogP contribution in [0.15, 0.2) is 53.6 Å². The third-order valence-corrected chi connectivity index (χ3v) is 6.96. The van der Waals surface area contributed by atoms with Crippen molar-refractivity contribution in [2.24, 2.45) is 13.0 Å². The van der Waals surface area contributed by atoms with Crippen molar-refractivity contribution in [1.82, 2.24) is 14.8 Å². The smallest absolute Gasteiger partial charge is 0.175 e. The summed E-state index contributed by atoms with van der Waals surface area (Å²) in [5.74, 6) is 0.954. The molecule has 5 nitrogen and oxygen atoms in total. The zero-order valence-electron chi connectivity index (χ0n) is 16.4. The van der Waals surface area contributed by atoms with Gasteiger partial charge in [-0.05, 0) is 48.2 Å². The van der Waals surface area contributed by atoms with Crippen LogP contribution in [0.3, 0.4) is 0 Å². The molecule has 0 saturated heterocycles. The maximum absolute atomic E-state index is 11.8. The number of nitrogens with one attached hydrogen (secondary N) is 1. The Morgan fingerprint density at radius 2 is 1.82 bits per heavy atom. The highest BCUT2D eigenvalue weighted by Crippen LogP contribution is 2.38. The van der Waals surface area contributed by atoms with Crippen LogP contribution in [-0.2, 0) is 16.9 Å². The minimum absolute atomic E-state index is 0.231. The highest BCUT2D eigenvalue weighted by atomic mass is 32.2. The Kier molecular flexibility index (Phi) is 5.15. The minimum atomic E-state index is -3.18. The Labute approximate surface area is 166 Å². The van der Waals surface area contributed by atoms with E-state index in [1.54, 1.807) is 16.8 Å². The second-order valence-corrected chi connectivity index (χ2v) is 10.00. The molecule has 0 spiro atoms. The number of hydrogen-bond acceptors (Lipinski definition) is 3. The van der Waals surface area contributed by atoms with Gasteiger partial charge in [0.05, 0.1) is 10.6 Å². The number of nitrogens with zero attached hydrogens (tertiary/aromatic N) is 2. The predicted octanol–water partition coefficient (Wildman–Crippen LogP) is 4.53. The summed E-state index contributed by atoms with van der Waals surface area (Å²) in [5, 5.41) is 4.49. The molecule has 0 bridgehead atoms. The third kappa shape index (κ3) is 4.07. The maximum atomic E-state index is 11.8. The summed E-state index contributed by atoms with van der Waals surface area (Å²) in [6.07, 6.45) is 9.47. The van der Waals surface area contributed by atoms with Crippen LogP contribution in [0.1, 0.15) is 49.3 Å². The molecule has 0 amide bonds. The van der Waals surface area contributed by atoms with Gasteiger partial charge in [-0.15, -0.1) is 0 Å². The lowest BCUT2D eigenvalue weighted by Gasteiger charge is -2.21. The molecule has 148 valence electrons. The van der Waals surface area contributed by atoms with Crippen LogP contribution in [0.25, 0.3) is 11.4 Å². The van der Waals surface area contributed by atoms with E-state index in [9.17, 15) is 8.42 Å². The van der Waals surface area contributed by atoms with Crippen LogP contribution in [0.2, 0.25) is 0 Å². The van der Waals surface area contributed by atoms with Gasteiger partial charge in [0, 0.05) is 31.1 Å². The van der Waals surface area contributed by atoms with Crippen LogP contribution >= 0.6 is 0 Å². The van der Waals surface area contributed by atoms with Crippen molar-refractivity contribution in [2.45, 2.75) is 42.9 Å². The summed E-state index contributed by atoms with van der Waals surface area (Å²) in [6, 6.07) is 13.6. The molecule has 6 heteroatoms. The van der Waals surface area contributed by atoms with E-state index in [0.29, 0.717) is 4.90 Å². The zero-order valence-corrected chi connectivity index (χ0v) is 17.2. The topological polar surface area (TPSA) is 67.8 Å². The summed E-state index contributed by atoms with van der Waals surface area (Å²) in [5.41, 5.74) is 4.27. The first-order valence-electron chi connectivity index (χ1n) is 9.89. The van der Waals surface area contributed by atoms with Crippen molar-refractivity contribution in [3.05, 3.63) is 59.9 Å². The van der Waals surface area contributed by atoms with E-state index in [0.717, 1.165) is 29.3 Å². The summed E-state index contributed by atoms with van der Waals surface area (Å²) in [4.78, 5) is 3.94. The lowest BCUT2D eigenvalue weighted by molar-refractivity contribution is 0.469. The number of aryl methyl sites for hydroxylation is 1. The molecule has 1 N–H and O–H groups in total. The molecule has 1 aliphatic carbocycles. The van der Waals surface area contributed by atoms with Crippen molar-refractivity contribution in [2.75, 3.05) is 6.26 Å². The number of aromatic amines is 1. The van der Waals surface area contributed by atoms with Crippen molar-refractivity contribution < 1.29 is 8.42 Å². The molecule has 1 unspecified atom stereocenters. The van der Waals surface area contributed by atoms with Crippen LogP contribution in [0.5, 0.6) is 0 Å². The maximum Gasteiger partial charge on any atom is 0.175 e. The summed E-state index contributed by atoms with van der Waals surface area (Å²) < 4.78 is 25.4. The highest BCUT2D eigenvalue weighted by Gasteiger charge is 2.24. The fraction of sp³-hybridized carbons (Fsp3) is 0.409. The average molecular weight is 398 g/mol. The van der Waals surface area contributed by atoms with Gasteiger partial charge in [-0.25, -0.2) is 8.42 Å². The number of sulfone groups is 1. The quantitative estimate of drug-likeness (QED) is 0.664. The van der Waals surface area contributed by atoms with E-state index in [-0.39, 0.29) is 5.92 Å². The Hall–Kier alpha value is -2.34. The molecular formula is C22H27N3O2S. The number of aromatic nitrogens is 3. The molecule has 2 aromatic heterocycles. The first-order valence-corrected chi connectivity index (χ1v) is 11.8. The largest absolute Gasteiger partial charge is 0.357 e. The fourth-order valence-electron chi connectivity index (χ4n) is 4.29. The van der Waals surface area contributed by atoms with Crippen LogP contribution < -0.4 is 0 Å². The van der Waals surface area contributed by atoms with E-state index < -0.39 is 9.84 Å². The van der Waals surface area contributed by atoms with Crippen molar-refractivity contribution in [3.63, 3.8) is 0 Å². The predicted molar refractivity (Wildman–Crippen MR) is 111 cm³/mol. The van der Waals surface area contributed by atoms with Gasteiger partial charge in [0.25, 0.3) is 0 Å². The first-order chi connectivity index (χ1) is 13.4. The Morgan fingerprint density at radius 3 is 2.43 bits per heavy atom. The molecule has 4 rings (SSSR count). The molecule has 1 atom stereocenters. The zero-order chi connectivity index (χ0) is 19.7. The van der Waals surface area contributed by atoms with Gasteiger partial charge in [-0.1, -0.05) is 37.8 Å². The molecule has 2 heterocycles. The van der Waals surface area contributed by atoms with Gasteiger partial charge in [0.1, 0.15) is 5.69 Å². The Morgan fingerprint density at radius 1 is 1.11 bits per heavy atom. The summed E-state index contributed by atoms with van der Waals surface area (Å²) >= 11 is 0. The monoisotopic (exact) mass is 397 g/mol. The van der Waals surface area contributed by atoms with E-state index in [1.807, 2.05) is 31.4 Å². The molecule has 1 aliphatic rings. The van der Waals surface area contributed by atoms with Crippen LogP contribution in [0.4, 0.5) is 0 Å². The second-order valence-electron chi connectivity index (χ2n) is 7.98. The van der Waals surface area contributed by atoms with Gasteiger partial charge in [0.2, 0.25) is 0 Å². The van der Waals surface area contributed by atoms with Crippen molar-refractivity contribution >= 4 is 9.84 Å². The molecule has 3 aromatic rings. The van der Waals surface area contributed by atoms with Crippen LogP contribution in [-0.4, -0.2) is 29.4 Å². The van der Waals surface area contributed by atoms with Gasteiger partial charge in [-0.2, -0.15) is 5.10 Å². The highest BCUT2D eigenvalue weighted by molar-refractivity contribution is 7.90. The number of H-pyrrole nitrogens is 1. The number of hydrogen-bond donors (Lipinski definition) is 1. The average Bonchev–Trinajstić information content (AvgIpc) is 3.40. The van der Waals surface area contributed by atoms with Crippen LogP contribution in [0, 0.1) is 5.92 Å². The van der Waals surface area contributed by atoms with Crippen molar-refractivity contribution in [1.29, 1.82) is 0 Å². The molecule has 0 aliphatic heterocycles. The van der Waals surface area contributed by atoms with Gasteiger partial charge >= 0.3 is 0 Å². The Bertz CT molecular complexity index is 1040. The van der Waals surface area contributed by atoms with Gasteiger partial charge < -0.3 is 4.98 Å². The molecular weight excluding hydrogens is 370 g/mol. The minimum Gasteiger partial charge on any atom is -0.357 e. The summed E-state index contributed by atoms with van der Waals surface area (Å²) in [6.45, 7) is 0. The Balaban J connectivity index is 1.66. The van der Waals surface area contributed by atoms with E-state index in [2.05, 4.69) is 22.2 Å². The summed E-state index contributed by atoms with van der Waals surface area (Å²) in [7, 11) is -1.26. The van der Waals surface area contributed by atoms with Gasteiger partial charge in [0.15, 0.2) is 9.84 Å². The van der Waals surface area contributed by atoms with E-state index in [4.69, 9.17) is 0 Å². The lowest BCUT2D eigenvalue weighted by Crippen LogP contribution is -2.08. The molecule has 0 radical (unpaired) electrons. The fourth-order valence-corrected chi connectivity index (χ4v) is 4.92.